The number of benzene rings is 2. The first-order valence-electron chi connectivity index (χ1n) is 7.05. The van der Waals surface area contributed by atoms with Crippen molar-refractivity contribution >= 4 is 11.0 Å². The van der Waals surface area contributed by atoms with E-state index >= 15 is 0 Å². The Morgan fingerprint density at radius 3 is 2.20 bits per heavy atom. The van der Waals surface area contributed by atoms with Crippen LogP contribution in [0.1, 0.15) is 0 Å². The van der Waals surface area contributed by atoms with E-state index in [1.165, 1.54) is 38.5 Å². The number of phenolic OH excluding ortho intramolecular Hbond substituents is 3. The maximum atomic E-state index is 12.4. The van der Waals surface area contributed by atoms with Crippen molar-refractivity contribution in [3.05, 3.63) is 34.5 Å². The van der Waals surface area contributed by atoms with Crippen LogP contribution < -0.4 is 14.9 Å². The van der Waals surface area contributed by atoms with Crippen LogP contribution in [0.15, 0.2) is 33.5 Å². The molecule has 8 nitrogen and oxygen atoms in total. The van der Waals surface area contributed by atoms with Gasteiger partial charge in [-0.1, -0.05) is 0 Å². The predicted molar refractivity (Wildman–Crippen MR) is 87.7 cm³/mol. The summed E-state index contributed by atoms with van der Waals surface area (Å²) in [6, 6.07) is 5.31. The van der Waals surface area contributed by atoms with E-state index in [1.54, 1.807) is 0 Å². The van der Waals surface area contributed by atoms with Gasteiger partial charge in [0.05, 0.1) is 14.2 Å². The minimum absolute atomic E-state index is 0.100. The van der Waals surface area contributed by atoms with Crippen LogP contribution in [0.25, 0.3) is 22.3 Å². The minimum Gasteiger partial charge on any atom is -0.504 e. The van der Waals surface area contributed by atoms with E-state index in [2.05, 4.69) is 0 Å². The summed E-state index contributed by atoms with van der Waals surface area (Å²) >= 11 is 0. The van der Waals surface area contributed by atoms with Gasteiger partial charge in [0.1, 0.15) is 11.0 Å². The Balaban J connectivity index is 2.36. The predicted octanol–water partition coefficient (Wildman–Crippen LogP) is 2.30. The van der Waals surface area contributed by atoms with E-state index in [9.17, 15) is 25.2 Å². The Morgan fingerprint density at radius 2 is 1.56 bits per heavy atom. The highest BCUT2D eigenvalue weighted by Gasteiger charge is 2.22. The van der Waals surface area contributed by atoms with E-state index in [-0.39, 0.29) is 39.5 Å². The number of rotatable bonds is 3. The maximum absolute atomic E-state index is 12.4. The molecule has 0 atom stereocenters. The van der Waals surface area contributed by atoms with Gasteiger partial charge in [0.15, 0.2) is 28.8 Å². The zero-order valence-corrected chi connectivity index (χ0v) is 13.2. The lowest BCUT2D eigenvalue weighted by molar-refractivity contribution is 0.352. The van der Waals surface area contributed by atoms with Crippen molar-refractivity contribution in [3.8, 4) is 45.8 Å². The number of hydrogen-bond acceptors (Lipinski definition) is 8. The lowest BCUT2D eigenvalue weighted by Gasteiger charge is -2.11. The number of hydrogen-bond donors (Lipinski definition) is 4. The highest BCUT2D eigenvalue weighted by molar-refractivity contribution is 5.91. The van der Waals surface area contributed by atoms with E-state index in [1.807, 2.05) is 0 Å². The van der Waals surface area contributed by atoms with Crippen molar-refractivity contribution in [1.29, 1.82) is 0 Å². The first kappa shape index (κ1) is 16.3. The molecule has 0 spiro atoms. The third kappa shape index (κ3) is 2.44. The molecule has 0 aliphatic heterocycles. The highest BCUT2D eigenvalue weighted by atomic mass is 16.5. The van der Waals surface area contributed by atoms with Crippen LogP contribution in [0.5, 0.6) is 34.5 Å². The second kappa shape index (κ2) is 5.82. The monoisotopic (exact) mass is 346 g/mol. The molecule has 3 aromatic rings. The van der Waals surface area contributed by atoms with Crippen LogP contribution in [-0.4, -0.2) is 34.6 Å². The summed E-state index contributed by atoms with van der Waals surface area (Å²) in [5.74, 6) is -2.46. The molecule has 0 radical (unpaired) electrons. The second-order valence-electron chi connectivity index (χ2n) is 5.14. The van der Waals surface area contributed by atoms with Gasteiger partial charge in [0, 0.05) is 11.6 Å². The van der Waals surface area contributed by atoms with Crippen molar-refractivity contribution in [1.82, 2.24) is 0 Å². The highest BCUT2D eigenvalue weighted by Crippen LogP contribution is 2.43. The average Bonchev–Trinajstić information content (AvgIpc) is 2.61. The van der Waals surface area contributed by atoms with Gasteiger partial charge in [-0.15, -0.1) is 0 Å². The van der Waals surface area contributed by atoms with Gasteiger partial charge in [-0.2, -0.15) is 0 Å². The Kier molecular flexibility index (Phi) is 3.80. The zero-order chi connectivity index (χ0) is 18.3. The number of aromatic hydroxyl groups is 4. The van der Waals surface area contributed by atoms with Crippen molar-refractivity contribution < 1.29 is 34.3 Å². The van der Waals surface area contributed by atoms with Crippen LogP contribution in [0.3, 0.4) is 0 Å². The SMILES string of the molecule is COc1cc(-c2oc3cc(OC)c(O)c(O)c3c(=O)c2O)ccc1O. The maximum Gasteiger partial charge on any atom is 0.238 e. The molecule has 1 aromatic heterocycles. The Labute approximate surface area is 140 Å². The Morgan fingerprint density at radius 1 is 0.880 bits per heavy atom. The summed E-state index contributed by atoms with van der Waals surface area (Å²) in [4.78, 5) is 12.4. The van der Waals surface area contributed by atoms with Crippen molar-refractivity contribution in [3.63, 3.8) is 0 Å². The van der Waals surface area contributed by atoms with Gasteiger partial charge >= 0.3 is 0 Å². The van der Waals surface area contributed by atoms with E-state index in [4.69, 9.17) is 13.9 Å². The standard InChI is InChI=1S/C17H14O8/c1-23-9-5-7(3-4-8(9)18)17-16(22)15(21)12-10(25-17)6-11(24-2)13(19)14(12)20/h3-6,18-20,22H,1-2H3. The van der Waals surface area contributed by atoms with Crippen molar-refractivity contribution in [2.45, 2.75) is 0 Å². The number of ether oxygens (including phenoxy) is 2. The molecule has 3 rings (SSSR count). The molecule has 1 heterocycles. The first-order chi connectivity index (χ1) is 11.9. The van der Waals surface area contributed by atoms with Crippen molar-refractivity contribution in [2.75, 3.05) is 14.2 Å². The molecule has 4 N–H and O–H groups in total. The molecule has 130 valence electrons. The molecule has 0 amide bonds. The zero-order valence-electron chi connectivity index (χ0n) is 13.2. The molecular formula is C17H14O8. The number of methoxy groups -OCH3 is 2. The van der Waals surface area contributed by atoms with Crippen LogP contribution >= 0.6 is 0 Å². The molecule has 0 saturated carbocycles. The fraction of sp³-hybridized carbons (Fsp3) is 0.118. The Bertz CT molecular complexity index is 1040. The van der Waals surface area contributed by atoms with E-state index < -0.39 is 22.7 Å². The summed E-state index contributed by atoms with van der Waals surface area (Å²) in [6.45, 7) is 0. The average molecular weight is 346 g/mol. The molecule has 0 aliphatic rings. The van der Waals surface area contributed by atoms with Crippen molar-refractivity contribution in [2.24, 2.45) is 0 Å². The summed E-state index contributed by atoms with van der Waals surface area (Å²) in [5.41, 5.74) is -0.770. The lowest BCUT2D eigenvalue weighted by atomic mass is 10.1. The fourth-order valence-corrected chi connectivity index (χ4v) is 2.46. The molecule has 25 heavy (non-hydrogen) atoms. The minimum atomic E-state index is -0.932. The van der Waals surface area contributed by atoms with Crippen LogP contribution in [0.2, 0.25) is 0 Å². The first-order valence-corrected chi connectivity index (χ1v) is 7.05. The lowest BCUT2D eigenvalue weighted by Crippen LogP contribution is -2.03. The van der Waals surface area contributed by atoms with Crippen LogP contribution in [0.4, 0.5) is 0 Å². The van der Waals surface area contributed by atoms with Crippen LogP contribution in [0, 0.1) is 0 Å². The second-order valence-corrected chi connectivity index (χ2v) is 5.14. The molecule has 0 unspecified atom stereocenters. The normalized spacial score (nSPS) is 10.8. The topological polar surface area (TPSA) is 130 Å². The molecule has 0 bridgehead atoms. The van der Waals surface area contributed by atoms with Gasteiger partial charge < -0.3 is 34.3 Å². The van der Waals surface area contributed by atoms with Gasteiger partial charge in [-0.05, 0) is 18.2 Å². The molecular weight excluding hydrogens is 332 g/mol. The Hall–Kier alpha value is -3.55. The smallest absolute Gasteiger partial charge is 0.238 e. The summed E-state index contributed by atoms with van der Waals surface area (Å²) < 4.78 is 15.4. The van der Waals surface area contributed by atoms with Gasteiger partial charge in [0.25, 0.3) is 0 Å². The van der Waals surface area contributed by atoms with Gasteiger partial charge in [-0.25, -0.2) is 0 Å². The quantitative estimate of drug-likeness (QED) is 0.532. The summed E-state index contributed by atoms with van der Waals surface area (Å²) in [7, 11) is 2.62. The number of fused-ring (bicyclic) bond motifs is 1. The molecule has 0 saturated heterocycles. The summed E-state index contributed by atoms with van der Waals surface area (Å²) in [6.07, 6.45) is 0. The van der Waals surface area contributed by atoms with Gasteiger partial charge in [0.2, 0.25) is 16.9 Å². The molecule has 0 fully saturated rings. The molecule has 2 aromatic carbocycles. The number of phenols is 3. The molecule has 8 heteroatoms. The third-order valence-corrected chi connectivity index (χ3v) is 3.73. The molecule has 0 aliphatic carbocycles. The van der Waals surface area contributed by atoms with E-state index in [0.29, 0.717) is 0 Å². The van der Waals surface area contributed by atoms with Gasteiger partial charge in [-0.3, -0.25) is 4.79 Å². The third-order valence-electron chi connectivity index (χ3n) is 3.73. The van der Waals surface area contributed by atoms with Crippen LogP contribution in [-0.2, 0) is 0 Å². The summed E-state index contributed by atoms with van der Waals surface area (Å²) in [5, 5.41) is 39.3. The largest absolute Gasteiger partial charge is 0.504 e. The fourth-order valence-electron chi connectivity index (χ4n) is 2.46. The van der Waals surface area contributed by atoms with E-state index in [0.717, 1.165) is 0 Å².